The number of rotatable bonds is 4. The molecule has 0 spiro atoms. The van der Waals surface area contributed by atoms with Gasteiger partial charge in [-0.3, -0.25) is 10.1 Å². The Morgan fingerprint density at radius 2 is 2.05 bits per heavy atom. The van der Waals surface area contributed by atoms with Crippen LogP contribution < -0.4 is 4.74 Å². The lowest BCUT2D eigenvalue weighted by Gasteiger charge is -2.08. The minimum atomic E-state index is -0.483. The van der Waals surface area contributed by atoms with Gasteiger partial charge in [0.05, 0.1) is 9.40 Å². The first-order chi connectivity index (χ1) is 9.47. The zero-order valence-electron chi connectivity index (χ0n) is 10.6. The summed E-state index contributed by atoms with van der Waals surface area (Å²) in [6.07, 6.45) is 0. The smallest absolute Gasteiger partial charge is 0.311 e. The van der Waals surface area contributed by atoms with Crippen LogP contribution in [0.15, 0.2) is 40.9 Å². The Balaban J connectivity index is 2.18. The van der Waals surface area contributed by atoms with Crippen molar-refractivity contribution in [1.29, 1.82) is 0 Å². The van der Waals surface area contributed by atoms with Gasteiger partial charge in [-0.25, -0.2) is 4.39 Å². The quantitative estimate of drug-likeness (QED) is 0.613. The molecule has 0 aliphatic rings. The molecule has 0 unspecified atom stereocenters. The highest BCUT2D eigenvalue weighted by molar-refractivity contribution is 9.10. The number of ether oxygens (including phenoxy) is 1. The molecule has 2 aromatic carbocycles. The molecule has 0 bridgehead atoms. The van der Waals surface area contributed by atoms with Crippen molar-refractivity contribution in [2.75, 3.05) is 0 Å². The molecule has 0 aliphatic heterocycles. The maximum atomic E-state index is 13.1. The molecular formula is C14H11BrFNO3. The molecule has 0 saturated heterocycles. The highest BCUT2D eigenvalue weighted by Crippen LogP contribution is 2.28. The lowest BCUT2D eigenvalue weighted by Crippen LogP contribution is -2.00. The summed E-state index contributed by atoms with van der Waals surface area (Å²) in [6.45, 7) is 1.90. The Labute approximate surface area is 123 Å². The third kappa shape index (κ3) is 3.33. The van der Waals surface area contributed by atoms with Crippen LogP contribution in [0.25, 0.3) is 0 Å². The molecule has 0 radical (unpaired) electrons. The fourth-order valence-electron chi connectivity index (χ4n) is 1.68. The lowest BCUT2D eigenvalue weighted by molar-refractivity contribution is -0.386. The van der Waals surface area contributed by atoms with Crippen molar-refractivity contribution >= 4 is 21.6 Å². The Kier molecular flexibility index (Phi) is 4.34. The van der Waals surface area contributed by atoms with Gasteiger partial charge >= 0.3 is 5.69 Å². The topological polar surface area (TPSA) is 52.4 Å². The highest BCUT2D eigenvalue weighted by atomic mass is 79.9. The molecule has 2 aromatic rings. The van der Waals surface area contributed by atoms with Gasteiger partial charge < -0.3 is 4.74 Å². The standard InChI is InChI=1S/C14H11BrFNO3/c1-9-2-5-14(13(6-9)17(18)19)20-8-10-3-4-12(16)11(15)7-10/h2-7H,8H2,1H3. The van der Waals surface area contributed by atoms with Gasteiger partial charge in [-0.2, -0.15) is 0 Å². The molecule has 0 aliphatic carbocycles. The van der Waals surface area contributed by atoms with Crippen molar-refractivity contribution < 1.29 is 14.1 Å². The monoisotopic (exact) mass is 339 g/mol. The first-order valence-corrected chi connectivity index (χ1v) is 6.58. The van der Waals surface area contributed by atoms with Crippen LogP contribution in [0.3, 0.4) is 0 Å². The predicted octanol–water partition coefficient (Wildman–Crippen LogP) is 4.38. The van der Waals surface area contributed by atoms with Crippen LogP contribution in [-0.4, -0.2) is 4.92 Å². The zero-order valence-corrected chi connectivity index (χ0v) is 12.2. The van der Waals surface area contributed by atoms with Gasteiger partial charge in [-0.05, 0) is 52.2 Å². The van der Waals surface area contributed by atoms with Crippen molar-refractivity contribution in [3.05, 3.63) is 67.9 Å². The van der Waals surface area contributed by atoms with Crippen LogP contribution in [0, 0.1) is 22.9 Å². The molecule has 0 fully saturated rings. The molecule has 20 heavy (non-hydrogen) atoms. The van der Waals surface area contributed by atoms with Crippen LogP contribution in [0.1, 0.15) is 11.1 Å². The number of nitro benzene ring substituents is 1. The maximum absolute atomic E-state index is 13.1. The predicted molar refractivity (Wildman–Crippen MR) is 76.3 cm³/mol. The van der Waals surface area contributed by atoms with Gasteiger partial charge in [0.2, 0.25) is 0 Å². The number of halogens is 2. The summed E-state index contributed by atoms with van der Waals surface area (Å²) in [5.41, 5.74) is 1.42. The van der Waals surface area contributed by atoms with E-state index in [-0.39, 0.29) is 23.9 Å². The van der Waals surface area contributed by atoms with Crippen molar-refractivity contribution in [1.82, 2.24) is 0 Å². The van der Waals surface area contributed by atoms with E-state index in [0.717, 1.165) is 5.56 Å². The molecule has 0 N–H and O–H groups in total. The fraction of sp³-hybridized carbons (Fsp3) is 0.143. The maximum Gasteiger partial charge on any atom is 0.311 e. The Morgan fingerprint density at radius 1 is 1.30 bits per heavy atom. The number of aryl methyl sites for hydroxylation is 1. The molecule has 0 aromatic heterocycles. The van der Waals surface area contributed by atoms with Gasteiger partial charge in [0.1, 0.15) is 12.4 Å². The SMILES string of the molecule is Cc1ccc(OCc2ccc(F)c(Br)c2)c([N+](=O)[O-])c1. The second-order valence-corrected chi connectivity index (χ2v) is 5.12. The van der Waals surface area contributed by atoms with Crippen molar-refractivity contribution in [2.24, 2.45) is 0 Å². The minimum absolute atomic E-state index is 0.0776. The van der Waals surface area contributed by atoms with Crippen LogP contribution in [-0.2, 0) is 6.61 Å². The van der Waals surface area contributed by atoms with Gasteiger partial charge in [0.25, 0.3) is 0 Å². The van der Waals surface area contributed by atoms with Crippen molar-refractivity contribution in [2.45, 2.75) is 13.5 Å². The summed E-state index contributed by atoms with van der Waals surface area (Å²) < 4.78 is 18.9. The van der Waals surface area contributed by atoms with Crippen LogP contribution in [0.5, 0.6) is 5.75 Å². The van der Waals surface area contributed by atoms with E-state index in [1.165, 1.54) is 12.1 Å². The average molecular weight is 340 g/mol. The summed E-state index contributed by atoms with van der Waals surface area (Å²) in [7, 11) is 0. The van der Waals surface area contributed by atoms with E-state index < -0.39 is 4.92 Å². The molecule has 0 amide bonds. The van der Waals surface area contributed by atoms with Gasteiger partial charge in [-0.1, -0.05) is 12.1 Å². The van der Waals surface area contributed by atoms with Crippen LogP contribution in [0.2, 0.25) is 0 Å². The molecule has 0 heterocycles. The molecule has 104 valence electrons. The normalized spacial score (nSPS) is 10.3. The molecule has 4 nitrogen and oxygen atoms in total. The molecule has 0 saturated carbocycles. The number of hydrogen-bond donors (Lipinski definition) is 0. The molecule has 2 rings (SSSR count). The van der Waals surface area contributed by atoms with E-state index in [4.69, 9.17) is 4.74 Å². The molecular weight excluding hydrogens is 329 g/mol. The van der Waals surface area contributed by atoms with Gasteiger partial charge in [0.15, 0.2) is 5.75 Å². The van der Waals surface area contributed by atoms with E-state index in [2.05, 4.69) is 15.9 Å². The van der Waals surface area contributed by atoms with E-state index in [1.807, 2.05) is 0 Å². The minimum Gasteiger partial charge on any atom is -0.482 e. The summed E-state index contributed by atoms with van der Waals surface area (Å²) in [5.74, 6) is -0.170. The van der Waals surface area contributed by atoms with Gasteiger partial charge in [-0.15, -0.1) is 0 Å². The first-order valence-electron chi connectivity index (χ1n) is 5.79. The molecule has 6 heteroatoms. The van der Waals surface area contributed by atoms with Crippen LogP contribution in [0.4, 0.5) is 10.1 Å². The number of benzene rings is 2. The molecule has 0 atom stereocenters. The first kappa shape index (κ1) is 14.5. The third-order valence-corrected chi connectivity index (χ3v) is 3.30. The average Bonchev–Trinajstić information content (AvgIpc) is 2.41. The zero-order chi connectivity index (χ0) is 14.7. The number of nitrogens with zero attached hydrogens (tertiary/aromatic N) is 1. The van der Waals surface area contributed by atoms with E-state index in [0.29, 0.717) is 10.0 Å². The second kappa shape index (κ2) is 6.00. The Morgan fingerprint density at radius 3 is 2.70 bits per heavy atom. The van der Waals surface area contributed by atoms with Gasteiger partial charge in [0, 0.05) is 6.07 Å². The summed E-state index contributed by atoms with van der Waals surface area (Å²) in [5, 5.41) is 11.0. The Hall–Kier alpha value is -1.95. The summed E-state index contributed by atoms with van der Waals surface area (Å²) in [4.78, 5) is 10.5. The number of hydrogen-bond acceptors (Lipinski definition) is 3. The third-order valence-electron chi connectivity index (χ3n) is 2.69. The Bertz CT molecular complexity index is 661. The highest BCUT2D eigenvalue weighted by Gasteiger charge is 2.15. The van der Waals surface area contributed by atoms with Crippen molar-refractivity contribution in [3.8, 4) is 5.75 Å². The second-order valence-electron chi connectivity index (χ2n) is 4.27. The van der Waals surface area contributed by atoms with E-state index in [1.54, 1.807) is 31.2 Å². The van der Waals surface area contributed by atoms with Crippen molar-refractivity contribution in [3.63, 3.8) is 0 Å². The largest absolute Gasteiger partial charge is 0.482 e. The van der Waals surface area contributed by atoms with Crippen LogP contribution >= 0.6 is 15.9 Å². The number of nitro groups is 1. The summed E-state index contributed by atoms with van der Waals surface area (Å²) in [6, 6.07) is 9.21. The lowest BCUT2D eigenvalue weighted by atomic mass is 10.2. The fourth-order valence-corrected chi connectivity index (χ4v) is 2.11. The summed E-state index contributed by atoms with van der Waals surface area (Å²) >= 11 is 3.08. The van der Waals surface area contributed by atoms with E-state index in [9.17, 15) is 14.5 Å². The van der Waals surface area contributed by atoms with E-state index >= 15 is 0 Å².